The van der Waals surface area contributed by atoms with Crippen LogP contribution in [0.15, 0.2) is 34.2 Å². The number of benzene rings is 1. The number of rotatable bonds is 4. The van der Waals surface area contributed by atoms with Crippen LogP contribution in [0.3, 0.4) is 0 Å². The molecule has 0 aliphatic heterocycles. The third kappa shape index (κ3) is 3.49. The van der Waals surface area contributed by atoms with Gasteiger partial charge in [0.1, 0.15) is 4.83 Å². The van der Waals surface area contributed by atoms with E-state index in [9.17, 15) is 9.59 Å². The number of esters is 1. The van der Waals surface area contributed by atoms with Crippen LogP contribution < -0.4 is 5.56 Å². The third-order valence-corrected chi connectivity index (χ3v) is 7.21. The molecular formula is C21H22N2O3S2. The van der Waals surface area contributed by atoms with Crippen LogP contribution in [0.2, 0.25) is 0 Å². The zero-order chi connectivity index (χ0) is 19.7. The maximum atomic E-state index is 13.7. The molecule has 0 radical (unpaired) electrons. The summed E-state index contributed by atoms with van der Waals surface area (Å²) >= 11 is 2.88. The first-order valence-corrected chi connectivity index (χ1v) is 11.2. The first kappa shape index (κ1) is 19.2. The second-order valence-electron chi connectivity index (χ2n) is 6.93. The van der Waals surface area contributed by atoms with E-state index in [-0.39, 0.29) is 17.3 Å². The number of para-hydroxylation sites is 1. The molecule has 1 aromatic carbocycles. The molecule has 0 unspecified atom stereocenters. The summed E-state index contributed by atoms with van der Waals surface area (Å²) < 4.78 is 6.44. The maximum Gasteiger partial charge on any atom is 0.316 e. The lowest BCUT2D eigenvalue weighted by atomic mass is 10.1. The van der Waals surface area contributed by atoms with Crippen LogP contribution in [0, 0.1) is 6.92 Å². The van der Waals surface area contributed by atoms with E-state index in [0.29, 0.717) is 5.16 Å². The molecule has 0 saturated heterocycles. The fourth-order valence-corrected chi connectivity index (χ4v) is 5.81. The Morgan fingerprint density at radius 3 is 2.82 bits per heavy atom. The molecule has 2 heterocycles. The van der Waals surface area contributed by atoms with Gasteiger partial charge in [0.2, 0.25) is 0 Å². The van der Waals surface area contributed by atoms with Crippen molar-refractivity contribution < 1.29 is 9.53 Å². The van der Waals surface area contributed by atoms with Gasteiger partial charge in [0.25, 0.3) is 5.56 Å². The van der Waals surface area contributed by atoms with E-state index in [2.05, 4.69) is 0 Å². The maximum absolute atomic E-state index is 13.7. The number of nitrogens with zero attached hydrogens (tertiary/aromatic N) is 2. The first-order valence-electron chi connectivity index (χ1n) is 9.43. The van der Waals surface area contributed by atoms with E-state index in [1.807, 2.05) is 31.2 Å². The summed E-state index contributed by atoms with van der Waals surface area (Å²) in [5.41, 5.74) is 2.95. The highest BCUT2D eigenvalue weighted by Crippen LogP contribution is 2.34. The monoisotopic (exact) mass is 414 g/mol. The molecule has 0 saturated carbocycles. The Bertz CT molecular complexity index is 1100. The number of thioether (sulfide) groups is 1. The standard InChI is InChI=1S/C21H22N2O3S2/c1-13-8-6-7-10-15(13)23-20(25)18-14-9-4-3-5-11-16(14)28-19(18)22-21(23)27-12-17(24)26-2/h6-8,10H,3-5,9,11-12H2,1-2H3. The highest BCUT2D eigenvalue weighted by molar-refractivity contribution is 7.99. The van der Waals surface area contributed by atoms with Crippen LogP contribution in [0.25, 0.3) is 15.9 Å². The molecule has 0 spiro atoms. The molecule has 4 rings (SSSR count). The lowest BCUT2D eigenvalue weighted by Gasteiger charge is -2.14. The van der Waals surface area contributed by atoms with Crippen molar-refractivity contribution in [1.29, 1.82) is 0 Å². The summed E-state index contributed by atoms with van der Waals surface area (Å²) in [6.07, 6.45) is 5.44. The fourth-order valence-electron chi connectivity index (χ4n) is 3.67. The molecule has 0 bridgehead atoms. The lowest BCUT2D eigenvalue weighted by Crippen LogP contribution is -2.23. The van der Waals surface area contributed by atoms with Crippen LogP contribution >= 0.6 is 23.1 Å². The molecule has 0 N–H and O–H groups in total. The molecule has 7 heteroatoms. The predicted octanol–water partition coefficient (Wildman–Crippen LogP) is 4.29. The topological polar surface area (TPSA) is 61.2 Å². The number of carbonyl (C=O) groups is 1. The Morgan fingerprint density at radius 1 is 1.25 bits per heavy atom. The molecule has 1 aliphatic rings. The van der Waals surface area contributed by atoms with Gasteiger partial charge in [-0.2, -0.15) is 0 Å². The minimum atomic E-state index is -0.336. The molecule has 0 atom stereocenters. The lowest BCUT2D eigenvalue weighted by molar-refractivity contribution is -0.137. The van der Waals surface area contributed by atoms with E-state index in [1.54, 1.807) is 15.9 Å². The second kappa shape index (κ2) is 8.09. The van der Waals surface area contributed by atoms with Gasteiger partial charge < -0.3 is 4.74 Å². The Labute approximate surface area is 171 Å². The van der Waals surface area contributed by atoms with Crippen LogP contribution in [0.5, 0.6) is 0 Å². The van der Waals surface area contributed by atoms with E-state index in [1.165, 1.54) is 35.7 Å². The molecule has 5 nitrogen and oxygen atoms in total. The summed E-state index contributed by atoms with van der Waals surface area (Å²) in [5, 5.41) is 1.29. The van der Waals surface area contributed by atoms with E-state index < -0.39 is 0 Å². The summed E-state index contributed by atoms with van der Waals surface area (Å²) in [6, 6.07) is 7.78. The van der Waals surface area contributed by atoms with Gasteiger partial charge in [0, 0.05) is 4.88 Å². The number of hydrogen-bond acceptors (Lipinski definition) is 6. The summed E-state index contributed by atoms with van der Waals surface area (Å²) in [7, 11) is 1.37. The summed E-state index contributed by atoms with van der Waals surface area (Å²) in [5.74, 6) is -0.219. The van der Waals surface area contributed by atoms with Gasteiger partial charge in [0.15, 0.2) is 5.16 Å². The van der Waals surface area contributed by atoms with Crippen molar-refractivity contribution in [3.8, 4) is 5.69 Å². The minimum absolute atomic E-state index is 0.0361. The molecule has 1 aliphatic carbocycles. The Morgan fingerprint density at radius 2 is 2.04 bits per heavy atom. The van der Waals surface area contributed by atoms with E-state index in [4.69, 9.17) is 9.72 Å². The van der Waals surface area contributed by atoms with Crippen molar-refractivity contribution in [3.63, 3.8) is 0 Å². The predicted molar refractivity (Wildman–Crippen MR) is 114 cm³/mol. The number of aryl methyl sites for hydroxylation is 3. The van der Waals surface area contributed by atoms with Gasteiger partial charge in [0.05, 0.1) is 23.9 Å². The van der Waals surface area contributed by atoms with Crippen molar-refractivity contribution in [1.82, 2.24) is 9.55 Å². The fraction of sp³-hybridized carbons (Fsp3) is 0.381. The molecule has 0 fully saturated rings. The largest absolute Gasteiger partial charge is 0.468 e. The summed E-state index contributed by atoms with van der Waals surface area (Å²) in [4.78, 5) is 32.3. The smallest absolute Gasteiger partial charge is 0.316 e. The van der Waals surface area contributed by atoms with Crippen molar-refractivity contribution in [2.24, 2.45) is 0 Å². The highest BCUT2D eigenvalue weighted by atomic mass is 32.2. The van der Waals surface area contributed by atoms with Crippen LogP contribution in [-0.4, -0.2) is 28.4 Å². The van der Waals surface area contributed by atoms with Gasteiger partial charge in [-0.05, 0) is 49.8 Å². The molecule has 3 aromatic rings. The number of fused-ring (bicyclic) bond motifs is 3. The van der Waals surface area contributed by atoms with Crippen molar-refractivity contribution in [2.75, 3.05) is 12.9 Å². The van der Waals surface area contributed by atoms with Gasteiger partial charge in [-0.15, -0.1) is 11.3 Å². The van der Waals surface area contributed by atoms with E-state index in [0.717, 1.165) is 47.2 Å². The van der Waals surface area contributed by atoms with E-state index >= 15 is 0 Å². The molecule has 0 amide bonds. The number of aromatic nitrogens is 2. The molecule has 146 valence electrons. The zero-order valence-corrected chi connectivity index (χ0v) is 17.6. The Kier molecular flexibility index (Phi) is 5.55. The van der Waals surface area contributed by atoms with Gasteiger partial charge >= 0.3 is 5.97 Å². The highest BCUT2D eigenvalue weighted by Gasteiger charge is 2.23. The van der Waals surface area contributed by atoms with Gasteiger partial charge in [-0.25, -0.2) is 4.98 Å². The second-order valence-corrected chi connectivity index (χ2v) is 8.96. The molecule has 28 heavy (non-hydrogen) atoms. The SMILES string of the molecule is COC(=O)CSc1nc2sc3c(c2c(=O)n1-c1ccccc1C)CCCCC3. The van der Waals surface area contributed by atoms with Crippen molar-refractivity contribution in [2.45, 2.75) is 44.2 Å². The van der Waals surface area contributed by atoms with Gasteiger partial charge in [-0.3, -0.25) is 14.2 Å². The van der Waals surface area contributed by atoms with Crippen molar-refractivity contribution in [3.05, 3.63) is 50.6 Å². The Balaban J connectivity index is 1.96. The molecule has 2 aromatic heterocycles. The minimum Gasteiger partial charge on any atom is -0.468 e. The van der Waals surface area contributed by atoms with Crippen molar-refractivity contribution >= 4 is 39.3 Å². The third-order valence-electron chi connectivity index (χ3n) is 5.11. The van der Waals surface area contributed by atoms with Crippen LogP contribution in [0.1, 0.15) is 35.3 Å². The first-order chi connectivity index (χ1) is 13.6. The normalized spacial score (nSPS) is 13.9. The number of thiophene rings is 1. The quantitative estimate of drug-likeness (QED) is 0.276. The average molecular weight is 415 g/mol. The number of hydrogen-bond donors (Lipinski definition) is 0. The summed E-state index contributed by atoms with van der Waals surface area (Å²) in [6.45, 7) is 1.98. The average Bonchev–Trinajstić information content (AvgIpc) is 2.88. The van der Waals surface area contributed by atoms with Gasteiger partial charge in [-0.1, -0.05) is 36.4 Å². The number of carbonyl (C=O) groups excluding carboxylic acids is 1. The Hall–Kier alpha value is -2.12. The zero-order valence-electron chi connectivity index (χ0n) is 16.0. The number of methoxy groups -OCH3 is 1. The van der Waals surface area contributed by atoms with Crippen LogP contribution in [0.4, 0.5) is 0 Å². The molecular weight excluding hydrogens is 392 g/mol. The van der Waals surface area contributed by atoms with Crippen LogP contribution in [-0.2, 0) is 22.4 Å². The number of ether oxygens (including phenoxy) is 1.